The van der Waals surface area contributed by atoms with Gasteiger partial charge in [0.2, 0.25) is 0 Å². The zero-order valence-electron chi connectivity index (χ0n) is 25.5. The molecule has 0 radical (unpaired) electrons. The van der Waals surface area contributed by atoms with Gasteiger partial charge in [-0.3, -0.25) is 0 Å². The molecule has 0 spiro atoms. The summed E-state index contributed by atoms with van der Waals surface area (Å²) in [5.41, 5.74) is 9.69. The Balaban J connectivity index is 1.35. The van der Waals surface area contributed by atoms with Crippen LogP contribution in [0.2, 0.25) is 0 Å². The summed E-state index contributed by atoms with van der Waals surface area (Å²) < 4.78 is 0. The first-order chi connectivity index (χ1) is 22.8. The second kappa shape index (κ2) is 12.6. The zero-order chi connectivity index (χ0) is 30.7. The number of benzene rings is 7. The number of thioether (sulfide) groups is 1. The molecule has 0 bridgehead atoms. The minimum atomic E-state index is 0.913. The van der Waals surface area contributed by atoms with Crippen LogP contribution in [0.3, 0.4) is 0 Å². The normalized spacial score (nSPS) is 14.2. The van der Waals surface area contributed by atoms with Crippen molar-refractivity contribution in [3.63, 3.8) is 0 Å². The fourth-order valence-corrected chi connectivity index (χ4v) is 7.39. The highest BCUT2D eigenvalue weighted by Crippen LogP contribution is 2.46. The lowest BCUT2D eigenvalue weighted by molar-refractivity contribution is 1.18. The van der Waals surface area contributed by atoms with E-state index in [1.807, 2.05) is 11.8 Å². The minimum Gasteiger partial charge on any atom is -0.310 e. The lowest BCUT2D eigenvalue weighted by Gasteiger charge is -2.29. The van der Waals surface area contributed by atoms with Gasteiger partial charge >= 0.3 is 0 Å². The van der Waals surface area contributed by atoms with E-state index in [0.717, 1.165) is 29.2 Å². The van der Waals surface area contributed by atoms with E-state index in [2.05, 4.69) is 181 Å². The lowest BCUT2D eigenvalue weighted by atomic mass is 9.93. The number of hydrogen-bond acceptors (Lipinski definition) is 2. The SMILES string of the molecule is C1=C\CSc2ccc(-c3c(N(c4ccc(-c5ccccc5)cc4)c4ccc5ccccc5c4)ccc4ccccc34)cc2C\C=C/1. The summed E-state index contributed by atoms with van der Waals surface area (Å²) in [5, 5.41) is 4.95. The van der Waals surface area contributed by atoms with Crippen molar-refractivity contribution in [1.82, 2.24) is 0 Å². The van der Waals surface area contributed by atoms with E-state index in [-0.39, 0.29) is 0 Å². The predicted octanol–water partition coefficient (Wildman–Crippen LogP) is 12.6. The van der Waals surface area contributed by atoms with Gasteiger partial charge in [0.1, 0.15) is 0 Å². The average molecular weight is 608 g/mol. The Bertz CT molecular complexity index is 2230. The van der Waals surface area contributed by atoms with Gasteiger partial charge in [-0.15, -0.1) is 11.8 Å². The number of fused-ring (bicyclic) bond motifs is 3. The van der Waals surface area contributed by atoms with Crippen LogP contribution in [0.15, 0.2) is 181 Å². The van der Waals surface area contributed by atoms with E-state index in [1.165, 1.54) is 54.3 Å². The Kier molecular flexibility index (Phi) is 7.71. The molecule has 0 fully saturated rings. The van der Waals surface area contributed by atoms with Gasteiger partial charge in [0.05, 0.1) is 5.69 Å². The van der Waals surface area contributed by atoms with Crippen molar-refractivity contribution in [3.8, 4) is 22.3 Å². The number of anilines is 3. The van der Waals surface area contributed by atoms with Gasteiger partial charge in [-0.25, -0.2) is 0 Å². The molecule has 0 aromatic heterocycles. The lowest BCUT2D eigenvalue weighted by Crippen LogP contribution is -2.11. The van der Waals surface area contributed by atoms with Gasteiger partial charge in [0, 0.05) is 27.6 Å². The molecule has 7 aromatic carbocycles. The minimum absolute atomic E-state index is 0.913. The summed E-state index contributed by atoms with van der Waals surface area (Å²) in [6.07, 6.45) is 9.75. The van der Waals surface area contributed by atoms with Crippen LogP contribution >= 0.6 is 11.8 Å². The fourth-order valence-electron chi connectivity index (χ4n) is 6.51. The van der Waals surface area contributed by atoms with E-state index in [4.69, 9.17) is 0 Å². The summed E-state index contributed by atoms with van der Waals surface area (Å²) in [7, 11) is 0. The largest absolute Gasteiger partial charge is 0.310 e. The number of rotatable bonds is 5. The highest BCUT2D eigenvalue weighted by Gasteiger charge is 2.21. The van der Waals surface area contributed by atoms with Crippen molar-refractivity contribution < 1.29 is 0 Å². The number of nitrogens with zero attached hydrogens (tertiary/aromatic N) is 1. The maximum atomic E-state index is 2.43. The van der Waals surface area contributed by atoms with Gasteiger partial charge in [0.25, 0.3) is 0 Å². The number of hydrogen-bond donors (Lipinski definition) is 0. The van der Waals surface area contributed by atoms with Gasteiger partial charge in [-0.05, 0) is 92.7 Å². The van der Waals surface area contributed by atoms with E-state index in [1.54, 1.807) is 0 Å². The monoisotopic (exact) mass is 607 g/mol. The second-order valence-electron chi connectivity index (χ2n) is 11.7. The number of allylic oxidation sites excluding steroid dienone is 3. The molecule has 1 aliphatic heterocycles. The Morgan fingerprint density at radius 2 is 1.15 bits per heavy atom. The van der Waals surface area contributed by atoms with Crippen molar-refractivity contribution in [1.29, 1.82) is 0 Å². The molecule has 8 rings (SSSR count). The van der Waals surface area contributed by atoms with Crippen molar-refractivity contribution in [2.75, 3.05) is 10.7 Å². The molecule has 0 saturated heterocycles. The summed E-state index contributed by atoms with van der Waals surface area (Å²) in [5.74, 6) is 0.977. The molecular weight excluding hydrogens is 575 g/mol. The average Bonchev–Trinajstić information content (AvgIpc) is 3.24. The van der Waals surface area contributed by atoms with E-state index < -0.39 is 0 Å². The van der Waals surface area contributed by atoms with Gasteiger partial charge < -0.3 is 4.90 Å². The van der Waals surface area contributed by atoms with E-state index in [9.17, 15) is 0 Å². The maximum absolute atomic E-state index is 2.43. The smallest absolute Gasteiger partial charge is 0.0546 e. The molecule has 1 heterocycles. The van der Waals surface area contributed by atoms with Crippen LogP contribution in [0.5, 0.6) is 0 Å². The molecule has 0 N–H and O–H groups in total. The topological polar surface area (TPSA) is 3.24 Å². The molecular formula is C44H33NS. The van der Waals surface area contributed by atoms with Crippen LogP contribution in [0.25, 0.3) is 43.8 Å². The summed E-state index contributed by atoms with van der Waals surface area (Å²) in [6.45, 7) is 0. The van der Waals surface area contributed by atoms with Crippen molar-refractivity contribution in [3.05, 3.63) is 182 Å². The summed E-state index contributed by atoms with van der Waals surface area (Å²) in [4.78, 5) is 3.79. The standard InChI is InChI=1S/C44H33NS/c1-2-11-29-46-43-28-23-38(30-37(43)17-4-1)44-41-18-10-9-15-35(41)22-27-42(44)45(40-26-21-33-14-7-8-16-36(33)31-40)39-24-19-34(20-25-39)32-12-5-3-6-13-32/h1-16,18-28,30-31H,17,29H2/b4-1-,11-2-. The molecule has 2 heteroatoms. The van der Waals surface area contributed by atoms with Crippen LogP contribution in [0.4, 0.5) is 17.1 Å². The maximum Gasteiger partial charge on any atom is 0.0546 e. The summed E-state index contributed by atoms with van der Waals surface area (Å²) in [6, 6.07) is 55.4. The van der Waals surface area contributed by atoms with E-state index in [0.29, 0.717) is 0 Å². The molecule has 0 aliphatic carbocycles. The van der Waals surface area contributed by atoms with Gasteiger partial charge in [-0.1, -0.05) is 133 Å². The molecule has 7 aromatic rings. The third-order valence-corrected chi connectivity index (χ3v) is 9.85. The highest BCUT2D eigenvalue weighted by atomic mass is 32.2. The fraction of sp³-hybridized carbons (Fsp3) is 0.0455. The first kappa shape index (κ1) is 28.2. The van der Waals surface area contributed by atoms with Crippen LogP contribution in [-0.4, -0.2) is 5.75 Å². The van der Waals surface area contributed by atoms with Crippen LogP contribution in [-0.2, 0) is 6.42 Å². The van der Waals surface area contributed by atoms with E-state index >= 15 is 0 Å². The first-order valence-corrected chi connectivity index (χ1v) is 16.8. The Hall–Kier alpha value is -5.31. The highest BCUT2D eigenvalue weighted by molar-refractivity contribution is 7.99. The van der Waals surface area contributed by atoms with Gasteiger partial charge in [-0.2, -0.15) is 0 Å². The molecule has 1 aliphatic rings. The third kappa shape index (κ3) is 5.53. The Morgan fingerprint density at radius 1 is 0.478 bits per heavy atom. The molecule has 0 saturated carbocycles. The molecule has 220 valence electrons. The molecule has 0 amide bonds. The first-order valence-electron chi connectivity index (χ1n) is 15.9. The molecule has 0 unspecified atom stereocenters. The molecule has 0 atom stereocenters. The van der Waals surface area contributed by atoms with Crippen LogP contribution in [0.1, 0.15) is 5.56 Å². The third-order valence-electron chi connectivity index (χ3n) is 8.78. The van der Waals surface area contributed by atoms with Crippen LogP contribution in [0, 0.1) is 0 Å². The Labute approximate surface area is 275 Å². The zero-order valence-corrected chi connectivity index (χ0v) is 26.3. The molecule has 46 heavy (non-hydrogen) atoms. The predicted molar refractivity (Wildman–Crippen MR) is 200 cm³/mol. The summed E-state index contributed by atoms with van der Waals surface area (Å²) >= 11 is 1.91. The Morgan fingerprint density at radius 3 is 2.02 bits per heavy atom. The quantitative estimate of drug-likeness (QED) is 0.191. The van der Waals surface area contributed by atoms with Crippen molar-refractivity contribution in [2.45, 2.75) is 11.3 Å². The van der Waals surface area contributed by atoms with Crippen LogP contribution < -0.4 is 4.90 Å². The van der Waals surface area contributed by atoms with Gasteiger partial charge in [0.15, 0.2) is 0 Å². The molecule has 1 nitrogen and oxygen atoms in total. The van der Waals surface area contributed by atoms with Crippen molar-refractivity contribution in [2.24, 2.45) is 0 Å². The second-order valence-corrected chi connectivity index (χ2v) is 12.7. The van der Waals surface area contributed by atoms with Crippen molar-refractivity contribution >= 4 is 50.4 Å².